The first-order valence-corrected chi connectivity index (χ1v) is 7.34. The Bertz CT molecular complexity index is 384. The molecule has 0 atom stereocenters. The third-order valence-corrected chi connectivity index (χ3v) is 3.49. The fourth-order valence-electron chi connectivity index (χ4n) is 2.66. The Kier molecular flexibility index (Phi) is 5.23. The highest BCUT2D eigenvalue weighted by Crippen LogP contribution is 2.34. The van der Waals surface area contributed by atoms with Gasteiger partial charge in [0.2, 0.25) is 0 Å². The van der Waals surface area contributed by atoms with Crippen molar-refractivity contribution >= 4 is 0 Å². The van der Waals surface area contributed by atoms with E-state index in [1.165, 1.54) is 5.56 Å². The maximum Gasteiger partial charge on any atom is 0.123 e. The van der Waals surface area contributed by atoms with Crippen molar-refractivity contribution in [1.82, 2.24) is 5.06 Å². The standard InChI is InChI=1S/C16H25NO2/c1-4-18-17-11-9-14(10-12-17)15-7-5-6-8-16(15)19-13(2)3/h5-8,13-14H,4,9-12H2,1-3H3. The van der Waals surface area contributed by atoms with Crippen LogP contribution in [0, 0.1) is 0 Å². The summed E-state index contributed by atoms with van der Waals surface area (Å²) >= 11 is 0. The molecule has 1 fully saturated rings. The number of hydroxylamine groups is 2. The van der Waals surface area contributed by atoms with E-state index in [9.17, 15) is 0 Å². The van der Waals surface area contributed by atoms with Gasteiger partial charge in [0.25, 0.3) is 0 Å². The highest BCUT2D eigenvalue weighted by Gasteiger charge is 2.23. The van der Waals surface area contributed by atoms with Crippen molar-refractivity contribution in [3.8, 4) is 5.75 Å². The highest BCUT2D eigenvalue weighted by atomic mass is 16.7. The van der Waals surface area contributed by atoms with Crippen LogP contribution >= 0.6 is 0 Å². The minimum Gasteiger partial charge on any atom is -0.491 e. The summed E-state index contributed by atoms with van der Waals surface area (Å²) in [6.45, 7) is 8.97. The Morgan fingerprint density at radius 3 is 2.53 bits per heavy atom. The van der Waals surface area contributed by atoms with Crippen LogP contribution in [0.1, 0.15) is 45.1 Å². The molecule has 19 heavy (non-hydrogen) atoms. The van der Waals surface area contributed by atoms with Gasteiger partial charge < -0.3 is 4.74 Å². The Balaban J connectivity index is 2.02. The SMILES string of the molecule is CCON1CCC(c2ccccc2OC(C)C)CC1. The lowest BCUT2D eigenvalue weighted by Crippen LogP contribution is -2.33. The summed E-state index contributed by atoms with van der Waals surface area (Å²) in [5.74, 6) is 1.64. The Morgan fingerprint density at radius 2 is 1.89 bits per heavy atom. The molecular formula is C16H25NO2. The molecule has 106 valence electrons. The van der Waals surface area contributed by atoms with Crippen molar-refractivity contribution in [3.63, 3.8) is 0 Å². The minimum absolute atomic E-state index is 0.227. The largest absolute Gasteiger partial charge is 0.491 e. The summed E-state index contributed by atoms with van der Waals surface area (Å²) in [5.41, 5.74) is 1.35. The van der Waals surface area contributed by atoms with E-state index in [0.717, 1.165) is 38.3 Å². The van der Waals surface area contributed by atoms with Crippen LogP contribution in [0.4, 0.5) is 0 Å². The van der Waals surface area contributed by atoms with Gasteiger partial charge in [-0.1, -0.05) is 18.2 Å². The van der Waals surface area contributed by atoms with Crippen LogP contribution in [0.15, 0.2) is 24.3 Å². The van der Waals surface area contributed by atoms with Crippen molar-refractivity contribution in [3.05, 3.63) is 29.8 Å². The number of piperidine rings is 1. The normalized spacial score (nSPS) is 17.9. The number of rotatable bonds is 5. The van der Waals surface area contributed by atoms with Crippen LogP contribution in [-0.2, 0) is 4.84 Å². The molecule has 0 N–H and O–H groups in total. The first-order chi connectivity index (χ1) is 9.20. The number of nitrogens with zero attached hydrogens (tertiary/aromatic N) is 1. The maximum atomic E-state index is 5.93. The molecule has 3 heteroatoms. The van der Waals surface area contributed by atoms with Crippen molar-refractivity contribution in [2.75, 3.05) is 19.7 Å². The highest BCUT2D eigenvalue weighted by molar-refractivity contribution is 5.36. The van der Waals surface area contributed by atoms with Crippen LogP contribution in [-0.4, -0.2) is 30.9 Å². The van der Waals surface area contributed by atoms with Crippen LogP contribution < -0.4 is 4.74 Å². The molecule has 0 bridgehead atoms. The van der Waals surface area contributed by atoms with Gasteiger partial charge in [-0.05, 0) is 51.2 Å². The number of para-hydroxylation sites is 1. The summed E-state index contributed by atoms with van der Waals surface area (Å²) in [6, 6.07) is 8.46. The third-order valence-electron chi connectivity index (χ3n) is 3.49. The molecule has 1 aliphatic heterocycles. The van der Waals surface area contributed by atoms with Gasteiger partial charge in [-0.15, -0.1) is 0 Å². The van der Waals surface area contributed by atoms with Gasteiger partial charge in [-0.25, -0.2) is 0 Å². The van der Waals surface area contributed by atoms with Gasteiger partial charge in [0, 0.05) is 13.1 Å². The molecule has 0 aromatic heterocycles. The van der Waals surface area contributed by atoms with E-state index < -0.39 is 0 Å². The molecular weight excluding hydrogens is 238 g/mol. The minimum atomic E-state index is 0.227. The van der Waals surface area contributed by atoms with Gasteiger partial charge in [-0.3, -0.25) is 4.84 Å². The summed E-state index contributed by atoms with van der Waals surface area (Å²) in [7, 11) is 0. The lowest BCUT2D eigenvalue weighted by Gasteiger charge is -2.31. The summed E-state index contributed by atoms with van der Waals surface area (Å²) in [6.07, 6.45) is 2.50. The quantitative estimate of drug-likeness (QED) is 0.810. The number of ether oxygens (including phenoxy) is 1. The van der Waals surface area contributed by atoms with Crippen molar-refractivity contribution in [2.45, 2.75) is 45.6 Å². The molecule has 0 unspecified atom stereocenters. The molecule has 0 saturated carbocycles. The van der Waals surface area contributed by atoms with Gasteiger partial charge >= 0.3 is 0 Å². The zero-order chi connectivity index (χ0) is 13.7. The Morgan fingerprint density at radius 1 is 1.21 bits per heavy atom. The van der Waals surface area contributed by atoms with E-state index in [0.29, 0.717) is 5.92 Å². The first kappa shape index (κ1) is 14.4. The van der Waals surface area contributed by atoms with Crippen LogP contribution in [0.25, 0.3) is 0 Å². The third kappa shape index (κ3) is 3.95. The lowest BCUT2D eigenvalue weighted by atomic mass is 9.89. The first-order valence-electron chi connectivity index (χ1n) is 7.34. The van der Waals surface area contributed by atoms with Gasteiger partial charge in [0.1, 0.15) is 5.75 Å². The van der Waals surface area contributed by atoms with E-state index >= 15 is 0 Å². The van der Waals surface area contributed by atoms with Gasteiger partial charge in [0.15, 0.2) is 0 Å². The van der Waals surface area contributed by atoms with Crippen LogP contribution in [0.2, 0.25) is 0 Å². The monoisotopic (exact) mass is 263 g/mol. The molecule has 3 nitrogen and oxygen atoms in total. The van der Waals surface area contributed by atoms with Crippen molar-refractivity contribution < 1.29 is 9.57 Å². The molecule has 1 heterocycles. The average Bonchev–Trinajstić information content (AvgIpc) is 2.40. The van der Waals surface area contributed by atoms with Crippen molar-refractivity contribution in [1.29, 1.82) is 0 Å². The predicted octanol–water partition coefficient (Wildman–Crippen LogP) is 3.60. The Hall–Kier alpha value is -1.06. The summed E-state index contributed by atoms with van der Waals surface area (Å²) in [4.78, 5) is 5.56. The molecule has 1 aromatic carbocycles. The second-order valence-corrected chi connectivity index (χ2v) is 5.33. The number of benzene rings is 1. The van der Waals surface area contributed by atoms with E-state index in [4.69, 9.17) is 9.57 Å². The van der Waals surface area contributed by atoms with Gasteiger partial charge in [-0.2, -0.15) is 5.06 Å². The van der Waals surface area contributed by atoms with Crippen LogP contribution in [0.3, 0.4) is 0 Å². The van der Waals surface area contributed by atoms with Gasteiger partial charge in [0.05, 0.1) is 12.7 Å². The zero-order valence-corrected chi connectivity index (χ0v) is 12.3. The van der Waals surface area contributed by atoms with E-state index in [1.54, 1.807) is 0 Å². The average molecular weight is 263 g/mol. The fraction of sp³-hybridized carbons (Fsp3) is 0.625. The number of hydrogen-bond acceptors (Lipinski definition) is 3. The molecule has 0 radical (unpaired) electrons. The zero-order valence-electron chi connectivity index (χ0n) is 12.3. The molecule has 0 aliphatic carbocycles. The summed E-state index contributed by atoms with van der Waals surface area (Å²) < 4.78 is 5.93. The molecule has 2 rings (SSSR count). The second kappa shape index (κ2) is 6.92. The van der Waals surface area contributed by atoms with Crippen molar-refractivity contribution in [2.24, 2.45) is 0 Å². The topological polar surface area (TPSA) is 21.7 Å². The smallest absolute Gasteiger partial charge is 0.123 e. The molecule has 0 spiro atoms. The predicted molar refractivity (Wildman–Crippen MR) is 77.4 cm³/mol. The van der Waals surface area contributed by atoms with E-state index in [-0.39, 0.29) is 6.10 Å². The second-order valence-electron chi connectivity index (χ2n) is 5.33. The Labute approximate surface area is 116 Å². The molecule has 0 amide bonds. The fourth-order valence-corrected chi connectivity index (χ4v) is 2.66. The van der Waals surface area contributed by atoms with Crippen LogP contribution in [0.5, 0.6) is 5.75 Å². The summed E-state index contributed by atoms with van der Waals surface area (Å²) in [5, 5.41) is 2.09. The molecule has 1 aliphatic rings. The number of hydrogen-bond donors (Lipinski definition) is 0. The molecule has 1 saturated heterocycles. The lowest BCUT2D eigenvalue weighted by molar-refractivity contribution is -0.166. The molecule has 1 aromatic rings. The maximum absolute atomic E-state index is 5.93. The van der Waals surface area contributed by atoms with E-state index in [1.807, 2.05) is 6.92 Å². The van der Waals surface area contributed by atoms with E-state index in [2.05, 4.69) is 43.2 Å².